The summed E-state index contributed by atoms with van der Waals surface area (Å²) in [6.45, 7) is 9.76. The predicted molar refractivity (Wildman–Crippen MR) is 76.9 cm³/mol. The third kappa shape index (κ3) is 5.72. The molecule has 1 amide bonds. The summed E-state index contributed by atoms with van der Waals surface area (Å²) in [5, 5.41) is 2.97. The number of hydrogen-bond donors (Lipinski definition) is 1. The van der Waals surface area contributed by atoms with Gasteiger partial charge >= 0.3 is 0 Å². The van der Waals surface area contributed by atoms with Crippen molar-refractivity contribution in [3.05, 3.63) is 0 Å². The molecular formula is C15H28N2O2. The Morgan fingerprint density at radius 2 is 1.89 bits per heavy atom. The van der Waals surface area contributed by atoms with Crippen molar-refractivity contribution in [3.8, 4) is 0 Å². The lowest BCUT2D eigenvalue weighted by Gasteiger charge is -2.30. The van der Waals surface area contributed by atoms with Crippen LogP contribution in [-0.2, 0) is 9.59 Å². The van der Waals surface area contributed by atoms with Crippen LogP contribution in [0.3, 0.4) is 0 Å². The number of amides is 1. The first kappa shape index (κ1) is 16.2. The molecule has 0 bridgehead atoms. The van der Waals surface area contributed by atoms with Gasteiger partial charge in [-0.05, 0) is 38.9 Å². The molecule has 0 aromatic rings. The molecule has 0 spiro atoms. The van der Waals surface area contributed by atoms with Crippen molar-refractivity contribution >= 4 is 11.7 Å². The summed E-state index contributed by atoms with van der Waals surface area (Å²) in [7, 11) is 0. The highest BCUT2D eigenvalue weighted by atomic mass is 16.2. The van der Waals surface area contributed by atoms with Crippen LogP contribution in [0.1, 0.15) is 46.5 Å². The van der Waals surface area contributed by atoms with E-state index in [1.54, 1.807) is 0 Å². The second-order valence-corrected chi connectivity index (χ2v) is 5.72. The third-order valence-corrected chi connectivity index (χ3v) is 3.95. The highest BCUT2D eigenvalue weighted by Gasteiger charge is 2.23. The number of piperidine rings is 1. The molecule has 0 aromatic carbocycles. The molecule has 1 N–H and O–H groups in total. The summed E-state index contributed by atoms with van der Waals surface area (Å²) in [6.07, 6.45) is 3.26. The number of carbonyl (C=O) groups is 2. The van der Waals surface area contributed by atoms with Crippen molar-refractivity contribution in [2.45, 2.75) is 46.5 Å². The first-order valence-electron chi connectivity index (χ1n) is 7.57. The Morgan fingerprint density at radius 3 is 2.42 bits per heavy atom. The Labute approximate surface area is 116 Å². The minimum Gasteiger partial charge on any atom is -0.356 e. The average Bonchev–Trinajstić information content (AvgIpc) is 2.43. The summed E-state index contributed by atoms with van der Waals surface area (Å²) < 4.78 is 0. The minimum absolute atomic E-state index is 0.106. The zero-order chi connectivity index (χ0) is 14.3. The maximum atomic E-state index is 12.0. The van der Waals surface area contributed by atoms with Gasteiger partial charge in [0.2, 0.25) is 5.91 Å². The summed E-state index contributed by atoms with van der Waals surface area (Å²) in [5.41, 5.74) is 0. The Bertz CT molecular complexity index is 295. The lowest BCUT2D eigenvalue weighted by atomic mass is 9.96. The summed E-state index contributed by atoms with van der Waals surface area (Å²) in [4.78, 5) is 25.8. The van der Waals surface area contributed by atoms with Crippen molar-refractivity contribution in [2.75, 3.05) is 26.2 Å². The van der Waals surface area contributed by atoms with E-state index in [4.69, 9.17) is 0 Å². The normalized spacial score (nSPS) is 17.7. The second kappa shape index (κ2) is 8.31. The third-order valence-electron chi connectivity index (χ3n) is 3.95. The van der Waals surface area contributed by atoms with E-state index >= 15 is 0 Å². The molecule has 0 saturated carbocycles. The molecule has 1 rings (SSSR count). The largest absolute Gasteiger partial charge is 0.356 e. The molecule has 1 fully saturated rings. The van der Waals surface area contributed by atoms with Crippen LogP contribution >= 0.6 is 0 Å². The zero-order valence-electron chi connectivity index (χ0n) is 12.6. The summed E-state index contributed by atoms with van der Waals surface area (Å²) in [6, 6.07) is 0. The molecule has 0 unspecified atom stereocenters. The topological polar surface area (TPSA) is 49.4 Å². The predicted octanol–water partition coefficient (Wildman–Crippen LogP) is 1.84. The minimum atomic E-state index is 0.106. The van der Waals surface area contributed by atoms with Crippen LogP contribution in [0.15, 0.2) is 0 Å². The van der Waals surface area contributed by atoms with Gasteiger partial charge in [-0.1, -0.05) is 20.8 Å². The van der Waals surface area contributed by atoms with E-state index in [1.807, 2.05) is 13.8 Å². The monoisotopic (exact) mass is 268 g/mol. The van der Waals surface area contributed by atoms with Gasteiger partial charge in [0.05, 0.1) is 0 Å². The van der Waals surface area contributed by atoms with Gasteiger partial charge in [0.1, 0.15) is 5.78 Å². The fraction of sp³-hybridized carbons (Fsp3) is 0.867. The van der Waals surface area contributed by atoms with Gasteiger partial charge in [-0.3, -0.25) is 9.59 Å². The zero-order valence-corrected chi connectivity index (χ0v) is 12.6. The molecule has 110 valence electrons. The molecule has 0 aliphatic carbocycles. The van der Waals surface area contributed by atoms with Crippen molar-refractivity contribution in [2.24, 2.45) is 11.8 Å². The fourth-order valence-corrected chi connectivity index (χ4v) is 2.42. The molecule has 1 saturated heterocycles. The maximum Gasteiger partial charge on any atom is 0.223 e. The van der Waals surface area contributed by atoms with Crippen LogP contribution in [0, 0.1) is 11.8 Å². The molecule has 0 atom stereocenters. The number of Topliss-reactive ketones (excluding diaryl/α,β-unsaturated/α-hetero) is 1. The Kier molecular flexibility index (Phi) is 7.06. The van der Waals surface area contributed by atoms with Crippen molar-refractivity contribution in [1.82, 2.24) is 10.2 Å². The SMILES string of the molecule is CCN1CCC(C(=O)NCCCC(=O)C(C)C)CC1. The van der Waals surface area contributed by atoms with Gasteiger partial charge in [-0.15, -0.1) is 0 Å². The van der Waals surface area contributed by atoms with Crippen LogP contribution in [0.5, 0.6) is 0 Å². The van der Waals surface area contributed by atoms with Crippen LogP contribution in [0.25, 0.3) is 0 Å². The van der Waals surface area contributed by atoms with Crippen molar-refractivity contribution in [1.29, 1.82) is 0 Å². The Hall–Kier alpha value is -0.900. The Balaban J connectivity index is 2.13. The van der Waals surface area contributed by atoms with Gasteiger partial charge in [0.15, 0.2) is 0 Å². The van der Waals surface area contributed by atoms with Gasteiger partial charge in [-0.2, -0.15) is 0 Å². The van der Waals surface area contributed by atoms with E-state index in [0.717, 1.165) is 38.9 Å². The van der Waals surface area contributed by atoms with Gasteiger partial charge in [-0.25, -0.2) is 0 Å². The molecule has 0 aromatic heterocycles. The number of ketones is 1. The number of likely N-dealkylation sites (tertiary alicyclic amines) is 1. The van der Waals surface area contributed by atoms with Gasteiger partial charge in [0, 0.05) is 24.8 Å². The van der Waals surface area contributed by atoms with E-state index in [1.165, 1.54) is 0 Å². The number of rotatable bonds is 7. The van der Waals surface area contributed by atoms with Crippen LogP contribution < -0.4 is 5.32 Å². The van der Waals surface area contributed by atoms with Crippen molar-refractivity contribution < 1.29 is 9.59 Å². The molecule has 1 aliphatic heterocycles. The quantitative estimate of drug-likeness (QED) is 0.717. The highest BCUT2D eigenvalue weighted by Crippen LogP contribution is 2.16. The highest BCUT2D eigenvalue weighted by molar-refractivity contribution is 5.80. The standard InChI is InChI=1S/C15H28N2O2/c1-4-17-10-7-13(8-11-17)15(19)16-9-5-6-14(18)12(2)3/h12-13H,4-11H2,1-3H3,(H,16,19). The molecule has 1 aliphatic rings. The van der Waals surface area contributed by atoms with E-state index in [2.05, 4.69) is 17.1 Å². The molecule has 19 heavy (non-hydrogen) atoms. The molecule has 0 radical (unpaired) electrons. The fourth-order valence-electron chi connectivity index (χ4n) is 2.42. The van der Waals surface area contributed by atoms with Crippen LogP contribution in [-0.4, -0.2) is 42.8 Å². The lowest BCUT2D eigenvalue weighted by molar-refractivity contribution is -0.127. The number of hydrogen-bond acceptors (Lipinski definition) is 3. The van der Waals surface area contributed by atoms with Crippen molar-refractivity contribution in [3.63, 3.8) is 0 Å². The van der Waals surface area contributed by atoms with Crippen LogP contribution in [0.2, 0.25) is 0 Å². The number of nitrogens with zero attached hydrogens (tertiary/aromatic N) is 1. The molecule has 4 heteroatoms. The lowest BCUT2D eigenvalue weighted by Crippen LogP contribution is -2.40. The molecular weight excluding hydrogens is 240 g/mol. The number of nitrogens with one attached hydrogen (secondary N) is 1. The Morgan fingerprint density at radius 1 is 1.26 bits per heavy atom. The van der Waals surface area contributed by atoms with E-state index in [9.17, 15) is 9.59 Å². The average molecular weight is 268 g/mol. The molecule has 1 heterocycles. The summed E-state index contributed by atoms with van der Waals surface area (Å²) >= 11 is 0. The first-order valence-corrected chi connectivity index (χ1v) is 7.57. The van der Waals surface area contributed by atoms with E-state index in [0.29, 0.717) is 13.0 Å². The molecule has 4 nitrogen and oxygen atoms in total. The van der Waals surface area contributed by atoms with Crippen LogP contribution in [0.4, 0.5) is 0 Å². The smallest absolute Gasteiger partial charge is 0.223 e. The summed E-state index contributed by atoms with van der Waals surface area (Å²) in [5.74, 6) is 0.732. The van der Waals surface area contributed by atoms with Gasteiger partial charge < -0.3 is 10.2 Å². The van der Waals surface area contributed by atoms with E-state index < -0.39 is 0 Å². The number of carbonyl (C=O) groups excluding carboxylic acids is 2. The van der Waals surface area contributed by atoms with E-state index in [-0.39, 0.29) is 23.5 Å². The second-order valence-electron chi connectivity index (χ2n) is 5.72. The first-order chi connectivity index (χ1) is 9.04. The maximum absolute atomic E-state index is 12.0. The van der Waals surface area contributed by atoms with Gasteiger partial charge in [0.25, 0.3) is 0 Å².